The summed E-state index contributed by atoms with van der Waals surface area (Å²) in [7, 11) is 0. The molecule has 0 aliphatic carbocycles. The van der Waals surface area contributed by atoms with E-state index in [1.165, 1.54) is 6.07 Å². The molecule has 0 spiro atoms. The van der Waals surface area contributed by atoms with Crippen molar-refractivity contribution in [3.63, 3.8) is 0 Å². The van der Waals surface area contributed by atoms with Crippen molar-refractivity contribution < 1.29 is 9.53 Å². The molecule has 3 nitrogen and oxygen atoms in total. The van der Waals surface area contributed by atoms with Crippen LogP contribution in [0.2, 0.25) is 5.02 Å². The lowest BCUT2D eigenvalue weighted by Gasteiger charge is -2.07. The highest BCUT2D eigenvalue weighted by Crippen LogP contribution is 2.19. The largest absolute Gasteiger partial charge is 0.457 e. The predicted octanol–water partition coefficient (Wildman–Crippen LogP) is 4.04. The molecule has 0 aliphatic heterocycles. The molecule has 98 valence electrons. The van der Waals surface area contributed by atoms with Gasteiger partial charge < -0.3 is 10.5 Å². The van der Waals surface area contributed by atoms with Crippen molar-refractivity contribution in [3.8, 4) is 0 Å². The third kappa shape index (κ3) is 3.72. The number of hydrogen-bond donors (Lipinski definition) is 1. The molecule has 0 fully saturated rings. The number of hydrogen-bond acceptors (Lipinski definition) is 3. The SMILES string of the molecule is Nc1ccc(Cl)cc1C(=O)OCc1cccc(Br)c1. The molecule has 0 amide bonds. The van der Waals surface area contributed by atoms with Gasteiger partial charge in [-0.1, -0.05) is 39.7 Å². The zero-order valence-electron chi connectivity index (χ0n) is 9.90. The zero-order valence-corrected chi connectivity index (χ0v) is 12.2. The van der Waals surface area contributed by atoms with Gasteiger partial charge in [-0.3, -0.25) is 0 Å². The van der Waals surface area contributed by atoms with Gasteiger partial charge in [0, 0.05) is 15.2 Å². The first-order valence-electron chi connectivity index (χ1n) is 5.53. The van der Waals surface area contributed by atoms with Crippen molar-refractivity contribution in [1.82, 2.24) is 0 Å². The van der Waals surface area contributed by atoms with E-state index in [0.717, 1.165) is 10.0 Å². The normalized spacial score (nSPS) is 10.2. The first-order valence-corrected chi connectivity index (χ1v) is 6.70. The molecule has 19 heavy (non-hydrogen) atoms. The van der Waals surface area contributed by atoms with Gasteiger partial charge in [-0.25, -0.2) is 4.79 Å². The van der Waals surface area contributed by atoms with E-state index in [-0.39, 0.29) is 12.2 Å². The summed E-state index contributed by atoms with van der Waals surface area (Å²) in [4.78, 5) is 11.9. The van der Waals surface area contributed by atoms with Gasteiger partial charge >= 0.3 is 5.97 Å². The van der Waals surface area contributed by atoms with Crippen LogP contribution in [0.5, 0.6) is 0 Å². The molecule has 2 aromatic rings. The number of nitrogen functional groups attached to an aromatic ring is 1. The number of benzene rings is 2. The molecule has 0 saturated heterocycles. The first kappa shape index (κ1) is 13.9. The quantitative estimate of drug-likeness (QED) is 0.677. The van der Waals surface area contributed by atoms with Crippen molar-refractivity contribution in [3.05, 3.63) is 63.1 Å². The Morgan fingerprint density at radius 2 is 2.05 bits per heavy atom. The predicted molar refractivity (Wildman–Crippen MR) is 79.1 cm³/mol. The lowest BCUT2D eigenvalue weighted by molar-refractivity contribution is 0.0474. The second kappa shape index (κ2) is 6.08. The zero-order chi connectivity index (χ0) is 13.8. The van der Waals surface area contributed by atoms with Crippen LogP contribution in [0, 0.1) is 0 Å². The van der Waals surface area contributed by atoms with Gasteiger partial charge in [0.25, 0.3) is 0 Å². The van der Waals surface area contributed by atoms with Crippen LogP contribution >= 0.6 is 27.5 Å². The standard InChI is InChI=1S/C14H11BrClNO2/c15-10-3-1-2-9(6-10)8-19-14(18)12-7-11(16)4-5-13(12)17/h1-7H,8,17H2. The summed E-state index contributed by atoms with van der Waals surface area (Å²) in [6, 6.07) is 12.2. The topological polar surface area (TPSA) is 52.3 Å². The molecule has 5 heteroatoms. The molecule has 0 heterocycles. The van der Waals surface area contributed by atoms with Gasteiger partial charge in [-0.2, -0.15) is 0 Å². The highest BCUT2D eigenvalue weighted by molar-refractivity contribution is 9.10. The molecule has 2 aromatic carbocycles. The molecule has 0 aliphatic rings. The van der Waals surface area contributed by atoms with Crippen LogP contribution in [0.25, 0.3) is 0 Å². The molecule has 2 rings (SSSR count). The molecule has 0 saturated carbocycles. The van der Waals surface area contributed by atoms with Gasteiger partial charge in [-0.05, 0) is 35.9 Å². The van der Waals surface area contributed by atoms with Crippen LogP contribution in [0.1, 0.15) is 15.9 Å². The second-order valence-corrected chi connectivity index (χ2v) is 5.29. The Morgan fingerprint density at radius 3 is 2.79 bits per heavy atom. The highest BCUT2D eigenvalue weighted by atomic mass is 79.9. The van der Waals surface area contributed by atoms with Gasteiger partial charge in [0.15, 0.2) is 0 Å². The summed E-state index contributed by atoms with van der Waals surface area (Å²) < 4.78 is 6.14. The Morgan fingerprint density at radius 1 is 1.26 bits per heavy atom. The molecule has 0 aromatic heterocycles. The van der Waals surface area contributed by atoms with E-state index in [2.05, 4.69) is 15.9 Å². The van der Waals surface area contributed by atoms with Gasteiger partial charge in [0.2, 0.25) is 0 Å². The number of nitrogens with two attached hydrogens (primary N) is 1. The Balaban J connectivity index is 2.07. The van der Waals surface area contributed by atoms with Crippen LogP contribution in [-0.4, -0.2) is 5.97 Å². The minimum atomic E-state index is -0.486. The average molecular weight is 341 g/mol. The van der Waals surface area contributed by atoms with Crippen molar-refractivity contribution in [2.45, 2.75) is 6.61 Å². The van der Waals surface area contributed by atoms with Gasteiger partial charge in [0.1, 0.15) is 6.61 Å². The van der Waals surface area contributed by atoms with E-state index in [1.807, 2.05) is 24.3 Å². The number of halogens is 2. The average Bonchev–Trinajstić information content (AvgIpc) is 2.39. The van der Waals surface area contributed by atoms with Crippen molar-refractivity contribution in [2.24, 2.45) is 0 Å². The van der Waals surface area contributed by atoms with Gasteiger partial charge in [-0.15, -0.1) is 0 Å². The third-order valence-electron chi connectivity index (χ3n) is 2.49. The molecule has 2 N–H and O–H groups in total. The van der Waals surface area contributed by atoms with E-state index < -0.39 is 5.97 Å². The van der Waals surface area contributed by atoms with E-state index in [1.54, 1.807) is 12.1 Å². The number of rotatable bonds is 3. The first-order chi connectivity index (χ1) is 9.06. The summed E-state index contributed by atoms with van der Waals surface area (Å²) in [5.41, 5.74) is 7.24. The summed E-state index contributed by atoms with van der Waals surface area (Å²) >= 11 is 9.19. The molecular formula is C14H11BrClNO2. The second-order valence-electron chi connectivity index (χ2n) is 3.94. The smallest absolute Gasteiger partial charge is 0.340 e. The maximum Gasteiger partial charge on any atom is 0.340 e. The van der Waals surface area contributed by atoms with Gasteiger partial charge in [0.05, 0.1) is 5.56 Å². The Hall–Kier alpha value is -1.52. The van der Waals surface area contributed by atoms with Crippen LogP contribution in [-0.2, 0) is 11.3 Å². The number of ether oxygens (including phenoxy) is 1. The fraction of sp³-hybridized carbons (Fsp3) is 0.0714. The summed E-state index contributed by atoms with van der Waals surface area (Å²) in [6.07, 6.45) is 0. The van der Waals surface area contributed by atoms with Crippen molar-refractivity contribution in [1.29, 1.82) is 0 Å². The summed E-state index contributed by atoms with van der Waals surface area (Å²) in [6.45, 7) is 0.185. The molecular weight excluding hydrogens is 330 g/mol. The van der Waals surface area contributed by atoms with E-state index in [9.17, 15) is 4.79 Å². The van der Waals surface area contributed by atoms with E-state index in [4.69, 9.17) is 22.1 Å². The number of anilines is 1. The van der Waals surface area contributed by atoms with Crippen LogP contribution in [0.15, 0.2) is 46.9 Å². The molecule has 0 radical (unpaired) electrons. The maximum atomic E-state index is 11.9. The third-order valence-corrected chi connectivity index (χ3v) is 3.22. The van der Waals surface area contributed by atoms with Crippen molar-refractivity contribution in [2.75, 3.05) is 5.73 Å². The molecule has 0 atom stereocenters. The van der Waals surface area contributed by atoms with Crippen molar-refractivity contribution >= 4 is 39.2 Å². The lowest BCUT2D eigenvalue weighted by atomic mass is 10.2. The lowest BCUT2D eigenvalue weighted by Crippen LogP contribution is -2.08. The monoisotopic (exact) mass is 339 g/mol. The number of esters is 1. The van der Waals surface area contributed by atoms with Crippen LogP contribution < -0.4 is 5.73 Å². The van der Waals surface area contributed by atoms with E-state index >= 15 is 0 Å². The van der Waals surface area contributed by atoms with Crippen LogP contribution in [0.3, 0.4) is 0 Å². The Kier molecular flexibility index (Phi) is 4.45. The fourth-order valence-electron chi connectivity index (χ4n) is 1.56. The minimum Gasteiger partial charge on any atom is -0.457 e. The Bertz CT molecular complexity index is 616. The summed E-state index contributed by atoms with van der Waals surface area (Å²) in [5, 5.41) is 0.448. The fourth-order valence-corrected chi connectivity index (χ4v) is 2.18. The van der Waals surface area contributed by atoms with E-state index in [0.29, 0.717) is 10.7 Å². The minimum absolute atomic E-state index is 0.185. The number of carbonyl (C=O) groups excluding carboxylic acids is 1. The maximum absolute atomic E-state index is 11.9. The molecule has 0 unspecified atom stereocenters. The Labute approximate surface area is 124 Å². The molecule has 0 bridgehead atoms. The highest BCUT2D eigenvalue weighted by Gasteiger charge is 2.12. The van der Waals surface area contributed by atoms with Crippen LogP contribution in [0.4, 0.5) is 5.69 Å². The summed E-state index contributed by atoms with van der Waals surface area (Å²) in [5.74, 6) is -0.486. The number of carbonyl (C=O) groups is 1.